The number of aliphatic hydroxyl groups excluding tert-OH is 1. The molecule has 0 radical (unpaired) electrons. The highest BCUT2D eigenvalue weighted by atomic mass is 16.3. The topological polar surface area (TPSA) is 20.2 Å². The molecule has 1 nitrogen and oxygen atoms in total. The maximum absolute atomic E-state index is 9.01. The minimum absolute atomic E-state index is 0.383. The van der Waals surface area contributed by atoms with Gasteiger partial charge in [0, 0.05) is 6.42 Å². The molecule has 1 unspecified atom stereocenters. The van der Waals surface area contributed by atoms with Crippen molar-refractivity contribution in [3.05, 3.63) is 24.3 Å². The van der Waals surface area contributed by atoms with Gasteiger partial charge in [0.25, 0.3) is 0 Å². The van der Waals surface area contributed by atoms with Crippen LogP contribution in [0, 0.1) is 12.3 Å². The number of aliphatic hydroxyl groups is 1. The quantitative estimate of drug-likeness (QED) is 0.460. The Balaban J connectivity index is 3.57. The summed E-state index contributed by atoms with van der Waals surface area (Å²) < 4.78 is 0. The van der Waals surface area contributed by atoms with Gasteiger partial charge >= 0.3 is 0 Å². The van der Waals surface area contributed by atoms with E-state index in [0.29, 0.717) is 6.42 Å². The summed E-state index contributed by atoms with van der Waals surface area (Å²) in [6, 6.07) is 0. The van der Waals surface area contributed by atoms with E-state index in [0.717, 1.165) is 0 Å². The third kappa shape index (κ3) is 5.14. The largest absolute Gasteiger partial charge is 0.388 e. The average Bonchev–Trinajstić information content (AvgIpc) is 1.89. The van der Waals surface area contributed by atoms with Crippen LogP contribution in [0.25, 0.3) is 0 Å². The van der Waals surface area contributed by atoms with E-state index in [1.165, 1.54) is 0 Å². The lowest BCUT2D eigenvalue weighted by atomic mass is 10.2. The third-order valence-corrected chi connectivity index (χ3v) is 0.964. The van der Waals surface area contributed by atoms with Crippen molar-refractivity contribution in [2.24, 2.45) is 0 Å². The maximum atomic E-state index is 9.01. The first-order valence-corrected chi connectivity index (χ1v) is 3.22. The monoisotopic (exact) mass is 136 g/mol. The molecule has 0 saturated heterocycles. The van der Waals surface area contributed by atoms with Crippen molar-refractivity contribution in [3.63, 3.8) is 0 Å². The first-order valence-electron chi connectivity index (χ1n) is 3.22. The van der Waals surface area contributed by atoms with Crippen LogP contribution in [0.2, 0.25) is 0 Å². The Bertz CT molecular complexity index is 160. The summed E-state index contributed by atoms with van der Waals surface area (Å²) in [6.07, 6.45) is 12.0. The molecule has 0 aromatic rings. The predicted molar refractivity (Wildman–Crippen MR) is 43.4 cm³/mol. The molecule has 0 fully saturated rings. The van der Waals surface area contributed by atoms with Gasteiger partial charge in [-0.2, -0.15) is 0 Å². The van der Waals surface area contributed by atoms with Crippen LogP contribution < -0.4 is 0 Å². The van der Waals surface area contributed by atoms with Crippen LogP contribution >= 0.6 is 0 Å². The third-order valence-electron chi connectivity index (χ3n) is 0.964. The Labute approximate surface area is 62.1 Å². The Hall–Kier alpha value is -1.00. The van der Waals surface area contributed by atoms with Gasteiger partial charge in [-0.1, -0.05) is 24.3 Å². The van der Waals surface area contributed by atoms with Gasteiger partial charge in [0.2, 0.25) is 0 Å². The molecule has 10 heavy (non-hydrogen) atoms. The van der Waals surface area contributed by atoms with Crippen molar-refractivity contribution in [3.8, 4) is 12.3 Å². The van der Waals surface area contributed by atoms with Crippen LogP contribution in [0.1, 0.15) is 13.3 Å². The second-order valence-electron chi connectivity index (χ2n) is 1.89. The van der Waals surface area contributed by atoms with Crippen LogP contribution in [0.15, 0.2) is 24.3 Å². The highest BCUT2D eigenvalue weighted by molar-refractivity contribution is 5.05. The van der Waals surface area contributed by atoms with Crippen LogP contribution in [-0.2, 0) is 0 Å². The summed E-state index contributed by atoms with van der Waals surface area (Å²) in [7, 11) is 0. The molecular weight excluding hydrogens is 124 g/mol. The zero-order chi connectivity index (χ0) is 7.82. The molecule has 0 saturated carbocycles. The van der Waals surface area contributed by atoms with Crippen molar-refractivity contribution in [1.29, 1.82) is 0 Å². The van der Waals surface area contributed by atoms with E-state index in [9.17, 15) is 0 Å². The Morgan fingerprint density at radius 2 is 2.30 bits per heavy atom. The number of allylic oxidation sites excluding steroid dienone is 3. The molecule has 1 N–H and O–H groups in total. The van der Waals surface area contributed by atoms with Gasteiger partial charge < -0.3 is 5.11 Å². The SMILES string of the molecule is C#CCC(O)C=CC=CC. The first kappa shape index (κ1) is 9.00. The molecule has 0 aliphatic heterocycles. The second kappa shape index (κ2) is 6.12. The van der Waals surface area contributed by atoms with Gasteiger partial charge in [0.05, 0.1) is 6.10 Å². The molecular formula is C9H12O. The first-order chi connectivity index (χ1) is 4.81. The smallest absolute Gasteiger partial charge is 0.0833 e. The maximum Gasteiger partial charge on any atom is 0.0833 e. The van der Waals surface area contributed by atoms with Gasteiger partial charge in [0.1, 0.15) is 0 Å². The van der Waals surface area contributed by atoms with E-state index < -0.39 is 6.10 Å². The highest BCUT2D eigenvalue weighted by Crippen LogP contribution is 1.91. The Morgan fingerprint density at radius 3 is 2.80 bits per heavy atom. The predicted octanol–water partition coefficient (Wildman–Crippen LogP) is 1.50. The molecule has 1 heteroatoms. The second-order valence-corrected chi connectivity index (χ2v) is 1.89. The van der Waals surface area contributed by atoms with Crippen LogP contribution in [-0.4, -0.2) is 11.2 Å². The van der Waals surface area contributed by atoms with E-state index in [1.807, 2.05) is 19.1 Å². The molecule has 1 atom stereocenters. The molecule has 0 aromatic heterocycles. The molecule has 0 bridgehead atoms. The van der Waals surface area contributed by atoms with E-state index in [-0.39, 0.29) is 0 Å². The molecule has 0 spiro atoms. The summed E-state index contributed by atoms with van der Waals surface area (Å²) in [5.41, 5.74) is 0. The van der Waals surface area contributed by atoms with Gasteiger partial charge in [0.15, 0.2) is 0 Å². The zero-order valence-corrected chi connectivity index (χ0v) is 6.12. The minimum atomic E-state index is -0.499. The fourth-order valence-corrected chi connectivity index (χ4v) is 0.492. The molecule has 0 rings (SSSR count). The summed E-state index contributed by atoms with van der Waals surface area (Å²) in [5, 5.41) is 9.01. The van der Waals surface area contributed by atoms with Crippen molar-refractivity contribution in [2.45, 2.75) is 19.4 Å². The fraction of sp³-hybridized carbons (Fsp3) is 0.333. The van der Waals surface area contributed by atoms with Gasteiger partial charge in [-0.05, 0) is 6.92 Å². The number of hydrogen-bond acceptors (Lipinski definition) is 1. The fourth-order valence-electron chi connectivity index (χ4n) is 0.492. The van der Waals surface area contributed by atoms with Gasteiger partial charge in [-0.3, -0.25) is 0 Å². The van der Waals surface area contributed by atoms with Crippen molar-refractivity contribution < 1.29 is 5.11 Å². The standard InChI is InChI=1S/C9H12O/c1-3-5-6-8-9(10)7-4-2/h2-3,5-6,8-10H,7H2,1H3. The summed E-state index contributed by atoms with van der Waals surface area (Å²) in [5.74, 6) is 2.37. The molecule has 0 heterocycles. The van der Waals surface area contributed by atoms with Gasteiger partial charge in [-0.25, -0.2) is 0 Å². The van der Waals surface area contributed by atoms with E-state index in [2.05, 4.69) is 5.92 Å². The van der Waals surface area contributed by atoms with Crippen LogP contribution in [0.3, 0.4) is 0 Å². The van der Waals surface area contributed by atoms with Crippen molar-refractivity contribution in [2.75, 3.05) is 0 Å². The number of hydrogen-bond donors (Lipinski definition) is 1. The van der Waals surface area contributed by atoms with Crippen molar-refractivity contribution in [1.82, 2.24) is 0 Å². The van der Waals surface area contributed by atoms with E-state index >= 15 is 0 Å². The van der Waals surface area contributed by atoms with E-state index in [1.54, 1.807) is 12.2 Å². The molecule has 0 amide bonds. The number of rotatable bonds is 3. The molecule has 0 aromatic carbocycles. The summed E-state index contributed by atoms with van der Waals surface area (Å²) >= 11 is 0. The zero-order valence-electron chi connectivity index (χ0n) is 6.12. The van der Waals surface area contributed by atoms with Gasteiger partial charge in [-0.15, -0.1) is 12.3 Å². The highest BCUT2D eigenvalue weighted by Gasteiger charge is 1.91. The van der Waals surface area contributed by atoms with Crippen LogP contribution in [0.4, 0.5) is 0 Å². The van der Waals surface area contributed by atoms with E-state index in [4.69, 9.17) is 11.5 Å². The Morgan fingerprint density at radius 1 is 1.60 bits per heavy atom. The molecule has 54 valence electrons. The lowest BCUT2D eigenvalue weighted by molar-refractivity contribution is 0.229. The lowest BCUT2D eigenvalue weighted by Crippen LogP contribution is -1.98. The molecule has 0 aliphatic rings. The van der Waals surface area contributed by atoms with Crippen LogP contribution in [0.5, 0.6) is 0 Å². The number of terminal acetylenes is 1. The normalized spacial score (nSPS) is 14.1. The average molecular weight is 136 g/mol. The van der Waals surface area contributed by atoms with Crippen molar-refractivity contribution >= 4 is 0 Å². The Kier molecular flexibility index (Phi) is 5.51. The summed E-state index contributed by atoms with van der Waals surface area (Å²) in [4.78, 5) is 0. The minimum Gasteiger partial charge on any atom is -0.388 e. The lowest BCUT2D eigenvalue weighted by Gasteiger charge is -1.95. The summed E-state index contributed by atoms with van der Waals surface area (Å²) in [6.45, 7) is 1.91. The molecule has 0 aliphatic carbocycles.